The van der Waals surface area contributed by atoms with Crippen molar-refractivity contribution in [1.82, 2.24) is 0 Å². The van der Waals surface area contributed by atoms with Crippen LogP contribution in [0.1, 0.15) is 11.8 Å². The van der Waals surface area contributed by atoms with E-state index in [2.05, 4.69) is 56.4 Å². The first-order valence-electron chi connectivity index (χ1n) is 6.39. The van der Waals surface area contributed by atoms with Crippen molar-refractivity contribution in [2.45, 2.75) is 31.6 Å². The molecule has 1 rings (SSSR count). The van der Waals surface area contributed by atoms with E-state index in [1.165, 1.54) is 12.7 Å². The second kappa shape index (κ2) is 7.23. The summed E-state index contributed by atoms with van der Waals surface area (Å²) in [6.07, 6.45) is 2.25. The minimum absolute atomic E-state index is 1.39. The van der Waals surface area contributed by atoms with Crippen molar-refractivity contribution in [2.75, 3.05) is 0 Å². The van der Waals surface area contributed by atoms with Gasteiger partial charge in [-0.05, 0) is 0 Å². The molecule has 0 bridgehead atoms. The van der Waals surface area contributed by atoms with Crippen LogP contribution >= 0.6 is 23.1 Å². The van der Waals surface area contributed by atoms with E-state index in [1.54, 1.807) is 2.89 Å². The second-order valence-electron chi connectivity index (χ2n) is 5.79. The van der Waals surface area contributed by atoms with Crippen LogP contribution in [0.4, 0.5) is 0 Å². The molecule has 0 saturated heterocycles. The van der Waals surface area contributed by atoms with Crippen molar-refractivity contribution in [3.63, 3.8) is 0 Å². The molecule has 18 heavy (non-hydrogen) atoms. The zero-order valence-electron chi connectivity index (χ0n) is 12.3. The molecule has 0 spiro atoms. The fourth-order valence-electron chi connectivity index (χ4n) is 1.38. The van der Waals surface area contributed by atoms with Gasteiger partial charge < -0.3 is 0 Å². The van der Waals surface area contributed by atoms with Crippen molar-refractivity contribution < 1.29 is 0 Å². The van der Waals surface area contributed by atoms with Gasteiger partial charge >= 0.3 is 133 Å². The molecule has 100 valence electrons. The summed E-state index contributed by atoms with van der Waals surface area (Å²) < 4.78 is 3.12. The third kappa shape index (κ3) is 4.91. The van der Waals surface area contributed by atoms with E-state index < -0.39 is 38.1 Å². The van der Waals surface area contributed by atoms with E-state index in [9.17, 15) is 0 Å². The molecule has 1 heterocycles. The summed E-state index contributed by atoms with van der Waals surface area (Å²) in [4.78, 5) is 15.1. The van der Waals surface area contributed by atoms with E-state index in [0.29, 0.717) is 0 Å². The zero-order chi connectivity index (χ0) is 13.9. The van der Waals surface area contributed by atoms with Crippen molar-refractivity contribution in [1.29, 1.82) is 0 Å². The molecule has 0 radical (unpaired) electrons. The summed E-state index contributed by atoms with van der Waals surface area (Å²) in [6.45, 7) is 6.40. The van der Waals surface area contributed by atoms with E-state index in [4.69, 9.17) is 0 Å². The molecule has 0 aliphatic heterocycles. The molecule has 4 heteroatoms. The molecule has 0 aliphatic rings. The standard InChI is InChI=1S/C9H8S2.5CH3.2Sn.H/c1-3-8(10-4-2)9-6-5-7-11-9;;;;;;;;/h3,5-6H,2H2,1H3;5*1H3;;;/b8-3-;;;;;;;;. The number of allylic oxidation sites excluding steroid dienone is 1. The Kier molecular flexibility index (Phi) is 6.90. The third-order valence-corrected chi connectivity index (χ3v) is 22.3. The fraction of sp³-hybridized carbons (Fsp3) is 0.429. The Hall–Kier alpha value is 1.13. The molecular weight excluding hydrogens is 470 g/mol. The van der Waals surface area contributed by atoms with Crippen LogP contribution < -0.4 is 2.89 Å². The SMILES string of the molecule is C=[C](S/C(=C\C)c1cc[c]([Sn]([CH3])([CH3])[CH3])s1)[SnH]([CH3])[CH3]. The predicted octanol–water partition coefficient (Wildman–Crippen LogP) is 4.93. The van der Waals surface area contributed by atoms with Gasteiger partial charge in [-0.25, -0.2) is 0 Å². The number of thiophene rings is 1. The van der Waals surface area contributed by atoms with Crippen molar-refractivity contribution in [3.8, 4) is 0 Å². The Balaban J connectivity index is 2.91. The Morgan fingerprint density at radius 3 is 2.33 bits per heavy atom. The zero-order valence-corrected chi connectivity index (χ0v) is 20.1. The molecule has 0 saturated carbocycles. The van der Waals surface area contributed by atoms with Crippen molar-refractivity contribution >= 4 is 69.0 Å². The normalized spacial score (nSPS) is 13.2. The average Bonchev–Trinajstić information content (AvgIpc) is 2.73. The van der Waals surface area contributed by atoms with E-state index in [0.717, 1.165) is 0 Å². The maximum atomic E-state index is 4.26. The Bertz CT molecular complexity index is 451. The topological polar surface area (TPSA) is 0 Å². The summed E-state index contributed by atoms with van der Waals surface area (Å²) in [6, 6.07) is 4.68. The molecule has 0 N–H and O–H groups in total. The van der Waals surface area contributed by atoms with E-state index in [1.807, 2.05) is 23.1 Å². The molecule has 0 fully saturated rings. The number of hydrogen-bond donors (Lipinski definition) is 0. The first kappa shape index (κ1) is 17.2. The van der Waals surface area contributed by atoms with Gasteiger partial charge in [0.1, 0.15) is 0 Å². The second-order valence-corrected chi connectivity index (χ2v) is 33.2. The van der Waals surface area contributed by atoms with Crippen LogP contribution in [0.2, 0.25) is 24.7 Å². The van der Waals surface area contributed by atoms with E-state index >= 15 is 0 Å². The van der Waals surface area contributed by atoms with Crippen LogP contribution in [0.25, 0.3) is 4.91 Å². The van der Waals surface area contributed by atoms with Gasteiger partial charge in [-0.2, -0.15) is 0 Å². The Labute approximate surface area is 132 Å². The van der Waals surface area contributed by atoms with Gasteiger partial charge in [-0.3, -0.25) is 0 Å². The van der Waals surface area contributed by atoms with Gasteiger partial charge in [0.25, 0.3) is 0 Å². The average molecular weight is 494 g/mol. The van der Waals surface area contributed by atoms with Gasteiger partial charge in [0, 0.05) is 0 Å². The molecule has 1 aromatic rings. The van der Waals surface area contributed by atoms with Gasteiger partial charge in [-0.1, -0.05) is 0 Å². The molecule has 0 nitrogen and oxygen atoms in total. The summed E-state index contributed by atoms with van der Waals surface area (Å²) >= 11 is 0.662. The van der Waals surface area contributed by atoms with Crippen molar-refractivity contribution in [2.24, 2.45) is 0 Å². The van der Waals surface area contributed by atoms with Crippen LogP contribution in [0.15, 0.2) is 27.7 Å². The van der Waals surface area contributed by atoms with Crippen LogP contribution in [0.5, 0.6) is 0 Å². The summed E-state index contributed by atoms with van der Waals surface area (Å²) in [5.41, 5.74) is 0. The van der Waals surface area contributed by atoms with Gasteiger partial charge in [0.15, 0.2) is 0 Å². The third-order valence-electron chi connectivity index (χ3n) is 2.74. The summed E-state index contributed by atoms with van der Waals surface area (Å²) in [7, 11) is 0. The van der Waals surface area contributed by atoms with Crippen molar-refractivity contribution in [3.05, 3.63) is 32.6 Å². The van der Waals surface area contributed by atoms with Gasteiger partial charge in [0.2, 0.25) is 0 Å². The number of hydrogen-bond acceptors (Lipinski definition) is 2. The first-order chi connectivity index (χ1) is 8.25. The monoisotopic (exact) mass is 496 g/mol. The van der Waals surface area contributed by atoms with Crippen LogP contribution in [-0.4, -0.2) is 38.1 Å². The number of thioether (sulfide) groups is 1. The van der Waals surface area contributed by atoms with Crippen LogP contribution in [0, 0.1) is 0 Å². The Morgan fingerprint density at radius 1 is 1.33 bits per heavy atom. The molecule has 0 unspecified atom stereocenters. The minimum atomic E-state index is -1.88. The summed E-state index contributed by atoms with van der Waals surface area (Å²) in [5.74, 6) is 0. The van der Waals surface area contributed by atoms with Crippen LogP contribution in [-0.2, 0) is 0 Å². The molecule has 0 amide bonds. The molecule has 0 atom stereocenters. The molecule has 1 aromatic heterocycles. The number of rotatable bonds is 5. The molecule has 0 aromatic carbocycles. The Morgan fingerprint density at radius 2 is 1.94 bits per heavy atom. The van der Waals surface area contributed by atoms with Crippen LogP contribution in [0.3, 0.4) is 0 Å². The fourth-order valence-corrected chi connectivity index (χ4v) is 11.8. The van der Waals surface area contributed by atoms with E-state index in [-0.39, 0.29) is 0 Å². The van der Waals surface area contributed by atoms with Gasteiger partial charge in [-0.15, -0.1) is 0 Å². The van der Waals surface area contributed by atoms with Gasteiger partial charge in [0.05, 0.1) is 0 Å². The molecular formula is C14H24S2Sn2. The maximum absolute atomic E-state index is 4.26. The quantitative estimate of drug-likeness (QED) is 0.524. The first-order valence-corrected chi connectivity index (χ1v) is 26.3. The molecule has 0 aliphatic carbocycles. The summed E-state index contributed by atoms with van der Waals surface area (Å²) in [5, 5.41) is 0. The predicted molar refractivity (Wildman–Crippen MR) is 96.6 cm³/mol.